The van der Waals surface area contributed by atoms with Crippen LogP contribution in [0.1, 0.15) is 26.3 Å². The summed E-state index contributed by atoms with van der Waals surface area (Å²) in [4.78, 5) is 1.92. The molecule has 0 aliphatic heterocycles. The van der Waals surface area contributed by atoms with Gasteiger partial charge in [0.05, 0.1) is 0 Å². The van der Waals surface area contributed by atoms with Gasteiger partial charge in [-0.1, -0.05) is 20.8 Å². The normalized spacial score (nSPS) is 11.4. The number of anilines is 1. The van der Waals surface area contributed by atoms with Crippen LogP contribution in [-0.4, -0.2) is 45.2 Å². The third-order valence-electron chi connectivity index (χ3n) is 3.03. The second-order valence-electron chi connectivity index (χ2n) is 5.98. The Morgan fingerprint density at radius 1 is 1.20 bits per heavy atom. The summed E-state index contributed by atoms with van der Waals surface area (Å²) in [5.41, 5.74) is 1.95. The highest BCUT2D eigenvalue weighted by molar-refractivity contribution is 6.60. The Hall–Kier alpha value is -1.24. The van der Waals surface area contributed by atoms with Crippen molar-refractivity contribution in [2.24, 2.45) is 0 Å². The smallest absolute Gasteiger partial charge is 0.468 e. The van der Waals surface area contributed by atoms with Gasteiger partial charge in [-0.25, -0.2) is 0 Å². The second kappa shape index (κ2) is 6.48. The van der Waals surface area contributed by atoms with Crippen LogP contribution in [0.2, 0.25) is 0 Å². The van der Waals surface area contributed by atoms with Crippen molar-refractivity contribution in [3.8, 4) is 5.75 Å². The van der Waals surface area contributed by atoms with Crippen LogP contribution >= 0.6 is 0 Å². The van der Waals surface area contributed by atoms with E-state index >= 15 is 0 Å². The molecule has 0 aliphatic rings. The number of rotatable bonds is 5. The van der Waals surface area contributed by atoms with Crippen molar-refractivity contribution >= 4 is 18.3 Å². The lowest BCUT2D eigenvalue weighted by Gasteiger charge is -2.27. The van der Waals surface area contributed by atoms with Gasteiger partial charge in [0, 0.05) is 37.9 Å². The first kappa shape index (κ1) is 16.8. The number of benzene rings is 1. The highest BCUT2D eigenvalue weighted by atomic mass is 16.7. The lowest BCUT2D eigenvalue weighted by Crippen LogP contribution is -2.34. The molecule has 0 radical (unpaired) electrons. The summed E-state index contributed by atoms with van der Waals surface area (Å²) in [5, 5.41) is 19.2. The maximum Gasteiger partial charge on any atom is 0.492 e. The number of methoxy groups -OCH3 is 1. The molecule has 0 saturated heterocycles. The standard InChI is InChI=1S/C14H24BNO4/c1-14(2,3)11-7-10(16(4)5)8-12(15(17)18)13(11)20-9-19-6/h7-8,17-18H,9H2,1-6H3. The van der Waals surface area contributed by atoms with Gasteiger partial charge in [0.15, 0.2) is 6.79 Å². The minimum Gasteiger partial charge on any atom is -0.468 e. The predicted molar refractivity (Wildman–Crippen MR) is 81.8 cm³/mol. The zero-order valence-corrected chi connectivity index (χ0v) is 13.1. The molecular weight excluding hydrogens is 257 g/mol. The van der Waals surface area contributed by atoms with Gasteiger partial charge in [0.1, 0.15) is 5.75 Å². The Bertz CT molecular complexity index is 455. The third-order valence-corrected chi connectivity index (χ3v) is 3.03. The summed E-state index contributed by atoms with van der Waals surface area (Å²) in [6.07, 6.45) is 0. The van der Waals surface area contributed by atoms with Crippen LogP contribution in [0.15, 0.2) is 12.1 Å². The van der Waals surface area contributed by atoms with Gasteiger partial charge in [-0.3, -0.25) is 0 Å². The summed E-state index contributed by atoms with van der Waals surface area (Å²) in [7, 11) is 3.75. The third kappa shape index (κ3) is 3.88. The van der Waals surface area contributed by atoms with Crippen molar-refractivity contribution in [3.63, 3.8) is 0 Å². The topological polar surface area (TPSA) is 62.2 Å². The zero-order valence-electron chi connectivity index (χ0n) is 13.1. The van der Waals surface area contributed by atoms with Gasteiger partial charge in [-0.2, -0.15) is 0 Å². The molecule has 1 aromatic carbocycles. The van der Waals surface area contributed by atoms with E-state index in [1.54, 1.807) is 6.07 Å². The molecule has 0 fully saturated rings. The van der Waals surface area contributed by atoms with Crippen LogP contribution in [0.4, 0.5) is 5.69 Å². The van der Waals surface area contributed by atoms with Crippen LogP contribution in [0.25, 0.3) is 0 Å². The Kier molecular flexibility index (Phi) is 5.45. The largest absolute Gasteiger partial charge is 0.492 e. The highest BCUT2D eigenvalue weighted by Gasteiger charge is 2.27. The van der Waals surface area contributed by atoms with Gasteiger partial charge in [0.25, 0.3) is 0 Å². The van der Waals surface area contributed by atoms with E-state index in [0.717, 1.165) is 11.3 Å². The Morgan fingerprint density at radius 3 is 2.20 bits per heavy atom. The molecule has 5 nitrogen and oxygen atoms in total. The minimum atomic E-state index is -1.59. The van der Waals surface area contributed by atoms with Crippen molar-refractivity contribution in [3.05, 3.63) is 17.7 Å². The van der Waals surface area contributed by atoms with E-state index in [4.69, 9.17) is 9.47 Å². The van der Waals surface area contributed by atoms with E-state index in [-0.39, 0.29) is 12.2 Å². The molecule has 0 aromatic heterocycles. The fraction of sp³-hybridized carbons (Fsp3) is 0.571. The van der Waals surface area contributed by atoms with E-state index in [9.17, 15) is 10.0 Å². The molecule has 112 valence electrons. The Labute approximate surface area is 121 Å². The van der Waals surface area contributed by atoms with Crippen LogP contribution < -0.4 is 15.1 Å². The molecule has 1 aromatic rings. The molecule has 0 unspecified atom stereocenters. The highest BCUT2D eigenvalue weighted by Crippen LogP contribution is 2.33. The molecule has 20 heavy (non-hydrogen) atoms. The lowest BCUT2D eigenvalue weighted by atomic mass is 9.74. The SMILES string of the molecule is COCOc1c(B(O)O)cc(N(C)C)cc1C(C)(C)C. The van der Waals surface area contributed by atoms with Crippen LogP contribution in [-0.2, 0) is 10.2 Å². The maximum atomic E-state index is 9.62. The number of hydrogen-bond donors (Lipinski definition) is 2. The number of hydrogen-bond acceptors (Lipinski definition) is 5. The molecule has 2 N–H and O–H groups in total. The molecule has 0 aliphatic carbocycles. The summed E-state index contributed by atoms with van der Waals surface area (Å²) in [6.45, 7) is 6.21. The minimum absolute atomic E-state index is 0.0596. The summed E-state index contributed by atoms with van der Waals surface area (Å²) in [6, 6.07) is 3.71. The van der Waals surface area contributed by atoms with Crippen molar-refractivity contribution < 1.29 is 19.5 Å². The van der Waals surface area contributed by atoms with E-state index in [1.165, 1.54) is 7.11 Å². The first-order valence-corrected chi connectivity index (χ1v) is 6.52. The molecule has 6 heteroatoms. The van der Waals surface area contributed by atoms with Gasteiger partial charge in [-0.15, -0.1) is 0 Å². The Morgan fingerprint density at radius 2 is 1.80 bits per heavy atom. The van der Waals surface area contributed by atoms with Crippen LogP contribution in [0.3, 0.4) is 0 Å². The van der Waals surface area contributed by atoms with Crippen LogP contribution in [0.5, 0.6) is 5.75 Å². The quantitative estimate of drug-likeness (QED) is 0.615. The van der Waals surface area contributed by atoms with Gasteiger partial charge < -0.3 is 24.4 Å². The van der Waals surface area contributed by atoms with E-state index in [1.807, 2.05) is 25.1 Å². The van der Waals surface area contributed by atoms with Gasteiger partial charge >= 0.3 is 7.12 Å². The molecule has 0 saturated carbocycles. The fourth-order valence-electron chi connectivity index (χ4n) is 1.92. The number of ether oxygens (including phenoxy) is 2. The first-order valence-electron chi connectivity index (χ1n) is 6.52. The molecule has 1 rings (SSSR count). The summed E-state index contributed by atoms with van der Waals surface area (Å²) >= 11 is 0. The average molecular weight is 281 g/mol. The van der Waals surface area contributed by atoms with E-state index in [0.29, 0.717) is 11.2 Å². The summed E-state index contributed by atoms with van der Waals surface area (Å²) < 4.78 is 10.5. The fourth-order valence-corrected chi connectivity index (χ4v) is 1.92. The second-order valence-corrected chi connectivity index (χ2v) is 5.98. The van der Waals surface area contributed by atoms with E-state index < -0.39 is 7.12 Å². The molecule has 0 heterocycles. The van der Waals surface area contributed by atoms with Crippen molar-refractivity contribution in [2.75, 3.05) is 32.9 Å². The van der Waals surface area contributed by atoms with Gasteiger partial charge in [-0.05, 0) is 17.5 Å². The molecular formula is C14H24BNO4. The molecule has 0 atom stereocenters. The first-order chi connectivity index (χ1) is 9.18. The monoisotopic (exact) mass is 281 g/mol. The Balaban J connectivity index is 3.49. The molecule has 0 spiro atoms. The van der Waals surface area contributed by atoms with Crippen molar-refractivity contribution in [1.82, 2.24) is 0 Å². The van der Waals surface area contributed by atoms with Crippen molar-refractivity contribution in [1.29, 1.82) is 0 Å². The van der Waals surface area contributed by atoms with Gasteiger partial charge in [0.2, 0.25) is 0 Å². The molecule has 0 bridgehead atoms. The number of nitrogens with zero attached hydrogens (tertiary/aromatic N) is 1. The van der Waals surface area contributed by atoms with Crippen LogP contribution in [0, 0.1) is 0 Å². The molecule has 0 amide bonds. The maximum absolute atomic E-state index is 9.62. The van der Waals surface area contributed by atoms with Crippen molar-refractivity contribution in [2.45, 2.75) is 26.2 Å². The summed E-state index contributed by atoms with van der Waals surface area (Å²) in [5.74, 6) is 0.472. The average Bonchev–Trinajstić information content (AvgIpc) is 2.33. The predicted octanol–water partition coefficient (Wildman–Crippen LogP) is 0.713. The zero-order chi connectivity index (χ0) is 15.5. The lowest BCUT2D eigenvalue weighted by molar-refractivity contribution is 0.0504. The van der Waals surface area contributed by atoms with E-state index in [2.05, 4.69) is 20.8 Å².